The molecule has 0 unspecified atom stereocenters. The van der Waals surface area contributed by atoms with Crippen LogP contribution in [0.15, 0.2) is 24.3 Å². The molecule has 0 radical (unpaired) electrons. The second kappa shape index (κ2) is 24.4. The number of hydrogen-bond donors (Lipinski definition) is 5. The molecule has 9 heteroatoms. The number of unbranched alkanes of at least 4 members (excludes halogenated alkanes) is 7. The number of hydrogen-bond acceptors (Lipinski definition) is 5. The van der Waals surface area contributed by atoms with Crippen molar-refractivity contribution in [3.05, 3.63) is 24.3 Å². The molecule has 0 aliphatic heterocycles. The molecule has 0 spiro atoms. The van der Waals surface area contributed by atoms with Gasteiger partial charge in [0.1, 0.15) is 0 Å². The molecule has 0 amide bonds. The molecule has 30 heavy (non-hydrogen) atoms. The van der Waals surface area contributed by atoms with Crippen molar-refractivity contribution in [1.82, 2.24) is 0 Å². The summed E-state index contributed by atoms with van der Waals surface area (Å²) in [5.74, 6) is -4.15. The first kappa shape index (κ1) is 32.0. The van der Waals surface area contributed by atoms with Gasteiger partial charge in [0.15, 0.2) is 0 Å². The summed E-state index contributed by atoms with van der Waals surface area (Å²) in [6.45, 7) is 4.97. The molecule has 0 aromatic rings. The van der Waals surface area contributed by atoms with Crippen molar-refractivity contribution in [3.63, 3.8) is 0 Å². The molecular weight excluding hydrogens is 396 g/mol. The fourth-order valence-corrected chi connectivity index (χ4v) is 2.01. The van der Waals surface area contributed by atoms with Gasteiger partial charge in [0.25, 0.3) is 0 Å². The molecule has 9 nitrogen and oxygen atoms in total. The Bertz CT molecular complexity index is 457. The van der Waals surface area contributed by atoms with E-state index in [9.17, 15) is 19.2 Å². The van der Waals surface area contributed by atoms with Gasteiger partial charge in [-0.1, -0.05) is 65.2 Å². The maximum atomic E-state index is 9.55. The third-order valence-corrected chi connectivity index (χ3v) is 3.43. The van der Waals surface area contributed by atoms with E-state index in [1.165, 1.54) is 51.4 Å². The Morgan fingerprint density at radius 2 is 0.833 bits per heavy atom. The van der Waals surface area contributed by atoms with Crippen molar-refractivity contribution < 1.29 is 44.7 Å². The van der Waals surface area contributed by atoms with Crippen molar-refractivity contribution in [2.45, 2.75) is 71.6 Å². The van der Waals surface area contributed by atoms with Gasteiger partial charge in [-0.2, -0.15) is 0 Å². The molecule has 0 aromatic carbocycles. The minimum Gasteiger partial charge on any atom is -0.478 e. The van der Waals surface area contributed by atoms with E-state index in [0.29, 0.717) is 30.9 Å². The maximum Gasteiger partial charge on any atom is 0.328 e. The molecule has 0 aromatic heterocycles. The van der Waals surface area contributed by atoms with Gasteiger partial charge >= 0.3 is 23.9 Å². The lowest BCUT2D eigenvalue weighted by atomic mass is 10.0. The summed E-state index contributed by atoms with van der Waals surface area (Å²) in [6, 6.07) is 0. The van der Waals surface area contributed by atoms with Crippen molar-refractivity contribution >= 4 is 23.9 Å². The topological polar surface area (TPSA) is 169 Å². The number of aliphatic hydroxyl groups is 1. The van der Waals surface area contributed by atoms with E-state index >= 15 is 0 Å². The lowest BCUT2D eigenvalue weighted by Gasteiger charge is -2.04. The zero-order valence-electron chi connectivity index (χ0n) is 17.8. The fourth-order valence-electron chi connectivity index (χ4n) is 2.01. The second-order valence-electron chi connectivity index (χ2n) is 6.75. The van der Waals surface area contributed by atoms with E-state index < -0.39 is 23.9 Å². The Balaban J connectivity index is -0.000000391. The monoisotopic (exact) mass is 432 g/mol. The van der Waals surface area contributed by atoms with Crippen LogP contribution in [0.4, 0.5) is 0 Å². The first-order chi connectivity index (χ1) is 14.0. The second-order valence-corrected chi connectivity index (χ2v) is 6.75. The van der Waals surface area contributed by atoms with Crippen LogP contribution in [0.2, 0.25) is 0 Å². The van der Waals surface area contributed by atoms with Crippen LogP contribution in [0.25, 0.3) is 0 Å². The predicted molar refractivity (Wildman–Crippen MR) is 112 cm³/mol. The molecule has 0 saturated heterocycles. The number of carbonyl (C=O) groups is 4. The normalized spacial score (nSPS) is 10.3. The Labute approximate surface area is 177 Å². The van der Waals surface area contributed by atoms with E-state index in [0.717, 1.165) is 12.3 Å². The van der Waals surface area contributed by atoms with Crippen molar-refractivity contribution in [3.8, 4) is 0 Å². The average molecular weight is 433 g/mol. The predicted octanol–water partition coefficient (Wildman–Crippen LogP) is 3.57. The Morgan fingerprint density at radius 3 is 1.07 bits per heavy atom. The van der Waals surface area contributed by atoms with Gasteiger partial charge < -0.3 is 25.5 Å². The van der Waals surface area contributed by atoms with E-state index in [1.54, 1.807) is 0 Å². The minimum atomic E-state index is -1.26. The highest BCUT2D eigenvalue weighted by Gasteiger charge is 1.95. The summed E-state index contributed by atoms with van der Waals surface area (Å²) >= 11 is 0. The highest BCUT2D eigenvalue weighted by atomic mass is 16.4. The van der Waals surface area contributed by atoms with Gasteiger partial charge in [-0.3, -0.25) is 0 Å². The summed E-state index contributed by atoms with van der Waals surface area (Å²) in [6.07, 6.45) is 14.1. The molecule has 0 bridgehead atoms. The lowest BCUT2D eigenvalue weighted by Crippen LogP contribution is -1.91. The fraction of sp³-hybridized carbons (Fsp3) is 0.619. The Hall–Kier alpha value is -2.68. The Kier molecular flexibility index (Phi) is 26.0. The largest absolute Gasteiger partial charge is 0.478 e. The van der Waals surface area contributed by atoms with Crippen LogP contribution in [0.5, 0.6) is 0 Å². The van der Waals surface area contributed by atoms with E-state index in [1.807, 2.05) is 0 Å². The average Bonchev–Trinajstić information content (AvgIpc) is 2.64. The van der Waals surface area contributed by atoms with E-state index in [2.05, 4.69) is 13.8 Å². The zero-order valence-corrected chi connectivity index (χ0v) is 17.8. The molecule has 0 heterocycles. The van der Waals surface area contributed by atoms with Gasteiger partial charge in [0, 0.05) is 30.9 Å². The summed E-state index contributed by atoms with van der Waals surface area (Å²) in [4.78, 5) is 38.2. The van der Waals surface area contributed by atoms with Crippen molar-refractivity contribution in [2.24, 2.45) is 5.92 Å². The molecule has 5 N–H and O–H groups in total. The number of carboxylic acid groups (broad SMARTS) is 4. The molecule has 0 fully saturated rings. The molecule has 0 saturated carbocycles. The molecule has 0 atom stereocenters. The van der Waals surface area contributed by atoms with Gasteiger partial charge in [-0.15, -0.1) is 0 Å². The number of aliphatic hydroxyl groups excluding tert-OH is 1. The van der Waals surface area contributed by atoms with Gasteiger partial charge in [0.2, 0.25) is 0 Å². The van der Waals surface area contributed by atoms with Crippen LogP contribution in [0, 0.1) is 5.92 Å². The molecular formula is C21H36O9. The van der Waals surface area contributed by atoms with Gasteiger partial charge in [0.05, 0.1) is 0 Å². The summed E-state index contributed by atoms with van der Waals surface area (Å²) in [5.41, 5.74) is 0. The van der Waals surface area contributed by atoms with Crippen LogP contribution in [-0.4, -0.2) is 56.0 Å². The van der Waals surface area contributed by atoms with Crippen LogP contribution >= 0.6 is 0 Å². The molecule has 0 aliphatic carbocycles. The third kappa shape index (κ3) is 44.6. The lowest BCUT2D eigenvalue weighted by molar-refractivity contribution is -0.134. The van der Waals surface area contributed by atoms with Crippen LogP contribution in [0.1, 0.15) is 71.6 Å². The van der Waals surface area contributed by atoms with Crippen molar-refractivity contribution in [1.29, 1.82) is 0 Å². The smallest absolute Gasteiger partial charge is 0.328 e. The van der Waals surface area contributed by atoms with Gasteiger partial charge in [-0.25, -0.2) is 19.2 Å². The van der Waals surface area contributed by atoms with Crippen LogP contribution in [-0.2, 0) is 19.2 Å². The van der Waals surface area contributed by atoms with Gasteiger partial charge in [-0.05, 0) is 12.3 Å². The van der Waals surface area contributed by atoms with Crippen molar-refractivity contribution in [2.75, 3.05) is 6.61 Å². The maximum absolute atomic E-state index is 9.55. The van der Waals surface area contributed by atoms with E-state index in [4.69, 9.17) is 25.5 Å². The number of rotatable bonds is 14. The highest BCUT2D eigenvalue weighted by molar-refractivity contribution is 5.90. The molecule has 0 aliphatic rings. The summed E-state index contributed by atoms with van der Waals surface area (Å²) < 4.78 is 0. The molecule has 174 valence electrons. The third-order valence-electron chi connectivity index (χ3n) is 3.43. The number of carboxylic acids is 4. The Morgan fingerprint density at radius 1 is 0.567 bits per heavy atom. The van der Waals surface area contributed by atoms with Crippen LogP contribution in [0.3, 0.4) is 0 Å². The SMILES string of the molecule is CC(C)CCCCCCCCCCO.O=C(O)/C=C/C(=O)O.O=C(O)/C=C/C(=O)O. The highest BCUT2D eigenvalue weighted by Crippen LogP contribution is 2.12. The summed E-state index contributed by atoms with van der Waals surface area (Å²) in [7, 11) is 0. The first-order valence-electron chi connectivity index (χ1n) is 9.91. The summed E-state index contributed by atoms with van der Waals surface area (Å²) in [5, 5.41) is 39.8. The van der Waals surface area contributed by atoms with E-state index in [-0.39, 0.29) is 0 Å². The minimum absolute atomic E-state index is 0.369. The first-order valence-corrected chi connectivity index (χ1v) is 9.91. The van der Waals surface area contributed by atoms with Crippen LogP contribution < -0.4 is 0 Å². The number of aliphatic carboxylic acids is 4. The molecule has 0 rings (SSSR count). The standard InChI is InChI=1S/C13H28O.2C4H4O4/c1-13(2)11-9-7-5-3-4-6-8-10-12-14;2*5-3(6)1-2-4(7)8/h13-14H,3-12H2,1-2H3;2*1-2H,(H,5,6)(H,7,8)/b;2*2-1+. The zero-order chi connectivity index (χ0) is 23.8. The quantitative estimate of drug-likeness (QED) is 0.203.